The molecule has 0 saturated carbocycles. The number of halogens is 3. The van der Waals surface area contributed by atoms with Crippen LogP contribution in [0, 0.1) is 5.82 Å². The molecule has 0 unspecified atom stereocenters. The molecule has 0 aliphatic heterocycles. The van der Waals surface area contributed by atoms with Crippen LogP contribution in [0.3, 0.4) is 0 Å². The number of benzene rings is 1. The summed E-state index contributed by atoms with van der Waals surface area (Å²) in [5, 5.41) is 13.9. The van der Waals surface area contributed by atoms with Crippen molar-refractivity contribution >= 4 is 23.5 Å². The van der Waals surface area contributed by atoms with Crippen molar-refractivity contribution in [2.45, 2.75) is 30.7 Å². The molecule has 118 valence electrons. The number of carbonyl (C=O) groups excluding carboxylic acids is 1. The molecule has 0 radical (unpaired) electrons. The highest BCUT2D eigenvalue weighted by Crippen LogP contribution is 2.29. The highest BCUT2D eigenvalue weighted by atomic mass is 32.2. The average molecular weight is 322 g/mol. The summed E-state index contributed by atoms with van der Waals surface area (Å²) in [4.78, 5) is 12.1. The van der Waals surface area contributed by atoms with Gasteiger partial charge >= 0.3 is 6.03 Å². The summed E-state index contributed by atoms with van der Waals surface area (Å²) in [6.45, 7) is 1.56. The van der Waals surface area contributed by atoms with Gasteiger partial charge in [0.1, 0.15) is 5.82 Å². The van der Waals surface area contributed by atoms with Crippen LogP contribution in [0.2, 0.25) is 0 Å². The van der Waals surface area contributed by atoms with Crippen molar-refractivity contribution in [2.75, 3.05) is 17.7 Å². The molecule has 4 nitrogen and oxygen atoms in total. The SMILES string of the molecule is CC[C@H](CO)NC(=O)Nc1cc(F)ccc1SCC(F)F. The summed E-state index contributed by atoms with van der Waals surface area (Å²) in [6.07, 6.45) is -1.97. The Bertz CT molecular complexity index is 471. The Balaban J connectivity index is 2.75. The van der Waals surface area contributed by atoms with Crippen molar-refractivity contribution < 1.29 is 23.1 Å². The zero-order valence-electron chi connectivity index (χ0n) is 11.4. The van der Waals surface area contributed by atoms with E-state index in [0.29, 0.717) is 11.3 Å². The monoisotopic (exact) mass is 322 g/mol. The molecule has 3 N–H and O–H groups in total. The second-order valence-corrected chi connectivity index (χ2v) is 5.29. The average Bonchev–Trinajstić information content (AvgIpc) is 2.43. The summed E-state index contributed by atoms with van der Waals surface area (Å²) in [7, 11) is 0. The number of anilines is 1. The van der Waals surface area contributed by atoms with Crippen molar-refractivity contribution in [2.24, 2.45) is 0 Å². The van der Waals surface area contributed by atoms with E-state index in [1.54, 1.807) is 6.92 Å². The number of hydrogen-bond donors (Lipinski definition) is 3. The number of alkyl halides is 2. The Morgan fingerprint density at radius 1 is 1.43 bits per heavy atom. The number of aliphatic hydroxyl groups excluding tert-OH is 1. The van der Waals surface area contributed by atoms with Crippen LogP contribution >= 0.6 is 11.8 Å². The van der Waals surface area contributed by atoms with Gasteiger partial charge in [-0.15, -0.1) is 11.8 Å². The highest BCUT2D eigenvalue weighted by molar-refractivity contribution is 7.99. The van der Waals surface area contributed by atoms with Crippen LogP contribution in [0.5, 0.6) is 0 Å². The van der Waals surface area contributed by atoms with Gasteiger partial charge in [0.15, 0.2) is 0 Å². The maximum atomic E-state index is 13.2. The van der Waals surface area contributed by atoms with E-state index in [4.69, 9.17) is 5.11 Å². The van der Waals surface area contributed by atoms with Gasteiger partial charge in [0.25, 0.3) is 0 Å². The fourth-order valence-corrected chi connectivity index (χ4v) is 2.23. The standard InChI is InChI=1S/C13H17F3N2O2S/c1-2-9(6-19)17-13(20)18-10-5-8(14)3-4-11(10)21-7-12(15)16/h3-5,9,12,19H,2,6-7H2,1H3,(H2,17,18,20)/t9-/m1/s1. The molecule has 0 aliphatic carbocycles. The van der Waals surface area contributed by atoms with Gasteiger partial charge in [0.2, 0.25) is 6.43 Å². The first-order valence-electron chi connectivity index (χ1n) is 6.35. The largest absolute Gasteiger partial charge is 0.394 e. The number of rotatable bonds is 7. The molecule has 0 saturated heterocycles. The van der Waals surface area contributed by atoms with Crippen molar-refractivity contribution in [1.82, 2.24) is 5.32 Å². The lowest BCUT2D eigenvalue weighted by molar-refractivity contribution is 0.177. The van der Waals surface area contributed by atoms with Crippen molar-refractivity contribution in [3.63, 3.8) is 0 Å². The first kappa shape index (κ1) is 17.6. The van der Waals surface area contributed by atoms with Crippen LogP contribution < -0.4 is 10.6 Å². The van der Waals surface area contributed by atoms with Crippen molar-refractivity contribution in [3.05, 3.63) is 24.0 Å². The molecular formula is C13H17F3N2O2S. The number of urea groups is 1. The summed E-state index contributed by atoms with van der Waals surface area (Å²) < 4.78 is 37.7. The van der Waals surface area contributed by atoms with E-state index in [-0.39, 0.29) is 12.3 Å². The molecule has 0 bridgehead atoms. The zero-order valence-corrected chi connectivity index (χ0v) is 12.2. The first-order chi connectivity index (χ1) is 9.96. The summed E-state index contributed by atoms with van der Waals surface area (Å²) in [5.41, 5.74) is 0.117. The second-order valence-electron chi connectivity index (χ2n) is 4.23. The molecule has 8 heteroatoms. The Labute approximate surface area is 125 Å². The fourth-order valence-electron chi connectivity index (χ4n) is 1.50. The number of aliphatic hydroxyl groups is 1. The van der Waals surface area contributed by atoms with Gasteiger partial charge in [0, 0.05) is 4.90 Å². The molecule has 1 aromatic rings. The smallest absolute Gasteiger partial charge is 0.319 e. The third-order valence-corrected chi connectivity index (χ3v) is 3.69. The van der Waals surface area contributed by atoms with E-state index in [9.17, 15) is 18.0 Å². The molecule has 0 spiro atoms. The summed E-state index contributed by atoms with van der Waals surface area (Å²) in [5.74, 6) is -1.03. The van der Waals surface area contributed by atoms with E-state index in [1.165, 1.54) is 6.07 Å². The molecule has 2 amide bonds. The minimum Gasteiger partial charge on any atom is -0.394 e. The van der Waals surface area contributed by atoms with Crippen LogP contribution in [0.25, 0.3) is 0 Å². The van der Waals surface area contributed by atoms with E-state index in [1.807, 2.05) is 0 Å². The minimum absolute atomic E-state index is 0.117. The molecule has 0 aliphatic rings. The van der Waals surface area contributed by atoms with Crippen molar-refractivity contribution in [1.29, 1.82) is 0 Å². The van der Waals surface area contributed by atoms with E-state index < -0.39 is 30.1 Å². The number of nitrogens with one attached hydrogen (secondary N) is 2. The third kappa shape index (κ3) is 6.26. The molecule has 0 heterocycles. The Morgan fingerprint density at radius 3 is 2.71 bits per heavy atom. The molecule has 0 fully saturated rings. The Morgan fingerprint density at radius 2 is 2.14 bits per heavy atom. The van der Waals surface area contributed by atoms with Crippen LogP contribution in [0.15, 0.2) is 23.1 Å². The number of hydrogen-bond acceptors (Lipinski definition) is 3. The maximum Gasteiger partial charge on any atom is 0.319 e. The van der Waals surface area contributed by atoms with Crippen LogP contribution in [-0.4, -0.2) is 36.0 Å². The number of amides is 2. The second kappa shape index (κ2) is 8.78. The van der Waals surface area contributed by atoms with E-state index in [2.05, 4.69) is 10.6 Å². The van der Waals surface area contributed by atoms with Gasteiger partial charge in [-0.2, -0.15) is 0 Å². The van der Waals surface area contributed by atoms with E-state index >= 15 is 0 Å². The van der Waals surface area contributed by atoms with Gasteiger partial charge in [-0.25, -0.2) is 18.0 Å². The van der Waals surface area contributed by atoms with E-state index in [0.717, 1.165) is 23.9 Å². The van der Waals surface area contributed by atoms with Gasteiger partial charge in [-0.1, -0.05) is 6.92 Å². The Hall–Kier alpha value is -1.41. The summed E-state index contributed by atoms with van der Waals surface area (Å²) in [6, 6.07) is 2.49. The number of carbonyl (C=O) groups is 1. The molecule has 1 atom stereocenters. The topological polar surface area (TPSA) is 61.4 Å². The third-order valence-electron chi connectivity index (χ3n) is 2.60. The predicted octanol–water partition coefficient (Wildman–Crippen LogP) is 3.08. The lowest BCUT2D eigenvalue weighted by Crippen LogP contribution is -2.39. The lowest BCUT2D eigenvalue weighted by atomic mass is 10.2. The molecule has 1 aromatic carbocycles. The molecular weight excluding hydrogens is 305 g/mol. The van der Waals surface area contributed by atoms with Gasteiger partial charge in [-0.3, -0.25) is 0 Å². The number of thioether (sulfide) groups is 1. The quantitative estimate of drug-likeness (QED) is 0.676. The summed E-state index contributed by atoms with van der Waals surface area (Å²) >= 11 is 0.828. The van der Waals surface area contributed by atoms with Gasteiger partial charge in [-0.05, 0) is 24.6 Å². The predicted molar refractivity (Wildman–Crippen MR) is 76.4 cm³/mol. The van der Waals surface area contributed by atoms with Gasteiger partial charge < -0.3 is 15.7 Å². The molecule has 0 aromatic heterocycles. The normalized spacial score (nSPS) is 12.3. The molecule has 1 rings (SSSR count). The Kier molecular flexibility index (Phi) is 7.38. The fraction of sp³-hybridized carbons (Fsp3) is 0.462. The van der Waals surface area contributed by atoms with Crippen LogP contribution in [0.1, 0.15) is 13.3 Å². The van der Waals surface area contributed by atoms with Gasteiger partial charge in [0.05, 0.1) is 24.1 Å². The zero-order chi connectivity index (χ0) is 15.8. The lowest BCUT2D eigenvalue weighted by Gasteiger charge is -2.16. The minimum atomic E-state index is -2.50. The van der Waals surface area contributed by atoms with Crippen molar-refractivity contribution in [3.8, 4) is 0 Å². The van der Waals surface area contributed by atoms with Crippen LogP contribution in [-0.2, 0) is 0 Å². The maximum absolute atomic E-state index is 13.2. The molecule has 21 heavy (non-hydrogen) atoms. The first-order valence-corrected chi connectivity index (χ1v) is 7.33. The highest BCUT2D eigenvalue weighted by Gasteiger charge is 2.13. The van der Waals surface area contributed by atoms with Crippen LogP contribution in [0.4, 0.5) is 23.7 Å².